The molecule has 0 heterocycles. The summed E-state index contributed by atoms with van der Waals surface area (Å²) in [6, 6.07) is -0.753. The molecule has 0 aromatic rings. The van der Waals surface area contributed by atoms with E-state index in [1.165, 1.54) is 173 Å². The fourth-order valence-corrected chi connectivity index (χ4v) is 8.02. The number of unbranched alkanes of at least 4 members (excludes halogenated alkanes) is 31. The van der Waals surface area contributed by atoms with Gasteiger partial charge in [0, 0.05) is 6.42 Å². The molecule has 0 radical (unpaired) electrons. The Bertz CT molecular complexity index is 870. The number of carbonyl (C=O) groups is 1. The highest BCUT2D eigenvalue weighted by molar-refractivity contribution is 7.47. The first-order valence-electron chi connectivity index (χ1n) is 23.9. The number of phosphoric ester groups is 1. The largest absolute Gasteiger partial charge is 0.472 e. The van der Waals surface area contributed by atoms with Crippen LogP contribution in [0.3, 0.4) is 0 Å². The molecule has 0 spiro atoms. The number of aliphatic hydroxyl groups is 1. The molecule has 0 rings (SSSR count). The highest BCUT2D eigenvalue weighted by Crippen LogP contribution is 2.43. The highest BCUT2D eigenvalue weighted by Gasteiger charge is 2.28. The number of carbonyl (C=O) groups excluding carboxylic acids is 1. The van der Waals surface area contributed by atoms with Gasteiger partial charge in [0.2, 0.25) is 5.91 Å². The smallest absolute Gasteiger partial charge is 0.391 e. The molecule has 1 amide bonds. The number of rotatable bonds is 44. The standard InChI is InChI=1S/C46H95N2O6P/c1-6-8-10-12-14-16-18-20-22-23-24-25-26-28-30-32-34-36-38-40-46(50)47-44(43-54-55(51,52)53-42-41-48(3,4)5)45(49)39-37-35-33-31-29-27-21-19-17-15-13-11-9-7-2/h44-45,49H,6-43H2,1-5H3,(H-,47,50,51,52)/p+1. The Balaban J connectivity index is 4.25. The molecule has 9 heteroatoms. The third-order valence-electron chi connectivity index (χ3n) is 11.1. The first-order chi connectivity index (χ1) is 26.5. The lowest BCUT2D eigenvalue weighted by Crippen LogP contribution is -2.46. The minimum atomic E-state index is -4.31. The molecule has 3 N–H and O–H groups in total. The molecule has 0 saturated carbocycles. The van der Waals surface area contributed by atoms with Crippen LogP contribution in [0.2, 0.25) is 0 Å². The van der Waals surface area contributed by atoms with Gasteiger partial charge in [0.1, 0.15) is 13.2 Å². The molecular weight excluding hydrogens is 707 g/mol. The second-order valence-electron chi connectivity index (χ2n) is 17.9. The van der Waals surface area contributed by atoms with Crippen LogP contribution in [0.25, 0.3) is 0 Å². The van der Waals surface area contributed by atoms with Gasteiger partial charge in [0.15, 0.2) is 0 Å². The third-order valence-corrected chi connectivity index (χ3v) is 12.1. The monoisotopic (exact) mass is 804 g/mol. The van der Waals surface area contributed by atoms with Crippen molar-refractivity contribution in [3.8, 4) is 0 Å². The fraction of sp³-hybridized carbons (Fsp3) is 0.978. The predicted molar refractivity (Wildman–Crippen MR) is 236 cm³/mol. The van der Waals surface area contributed by atoms with Gasteiger partial charge >= 0.3 is 7.82 Å². The Labute approximate surface area is 342 Å². The number of hydrogen-bond donors (Lipinski definition) is 3. The number of nitrogens with one attached hydrogen (secondary N) is 1. The summed E-state index contributed by atoms with van der Waals surface area (Å²) in [7, 11) is 1.63. The normalized spacial score (nSPS) is 14.2. The van der Waals surface area contributed by atoms with Crippen molar-refractivity contribution in [3.05, 3.63) is 0 Å². The molecule has 8 nitrogen and oxygen atoms in total. The number of hydrogen-bond acceptors (Lipinski definition) is 5. The van der Waals surface area contributed by atoms with Gasteiger partial charge in [0.25, 0.3) is 0 Å². The van der Waals surface area contributed by atoms with Crippen molar-refractivity contribution in [2.75, 3.05) is 40.9 Å². The Morgan fingerprint density at radius 2 is 0.873 bits per heavy atom. The van der Waals surface area contributed by atoms with Crippen LogP contribution in [0.15, 0.2) is 0 Å². The van der Waals surface area contributed by atoms with Crippen molar-refractivity contribution >= 4 is 13.7 Å². The molecule has 0 bridgehead atoms. The minimum Gasteiger partial charge on any atom is -0.391 e. The van der Waals surface area contributed by atoms with Crippen LogP contribution >= 0.6 is 7.82 Å². The summed E-state index contributed by atoms with van der Waals surface area (Å²) < 4.78 is 23.7. The summed E-state index contributed by atoms with van der Waals surface area (Å²) in [5.74, 6) is -0.140. The van der Waals surface area contributed by atoms with Gasteiger partial charge in [-0.3, -0.25) is 13.8 Å². The molecule has 0 aliphatic rings. The lowest BCUT2D eigenvalue weighted by molar-refractivity contribution is -0.870. The molecule has 0 aliphatic carbocycles. The van der Waals surface area contributed by atoms with E-state index in [1.807, 2.05) is 21.1 Å². The van der Waals surface area contributed by atoms with Crippen molar-refractivity contribution in [1.29, 1.82) is 0 Å². The maximum absolute atomic E-state index is 12.9. The Morgan fingerprint density at radius 3 is 1.22 bits per heavy atom. The van der Waals surface area contributed by atoms with E-state index in [1.54, 1.807) is 0 Å². The van der Waals surface area contributed by atoms with E-state index in [0.29, 0.717) is 23.9 Å². The number of likely N-dealkylation sites (N-methyl/N-ethyl adjacent to an activating group) is 1. The Hall–Kier alpha value is -0.500. The molecular formula is C46H96N2O6P+. The van der Waals surface area contributed by atoms with Crippen LogP contribution in [0.1, 0.15) is 239 Å². The average Bonchev–Trinajstić information content (AvgIpc) is 3.13. The molecule has 0 aliphatic heterocycles. The number of phosphoric acid groups is 1. The van der Waals surface area contributed by atoms with Gasteiger partial charge in [-0.1, -0.05) is 219 Å². The van der Waals surface area contributed by atoms with Crippen molar-refractivity contribution in [2.24, 2.45) is 0 Å². The van der Waals surface area contributed by atoms with Crippen LogP contribution < -0.4 is 5.32 Å². The van der Waals surface area contributed by atoms with Gasteiger partial charge < -0.3 is 19.8 Å². The zero-order valence-electron chi connectivity index (χ0n) is 37.4. The summed E-state index contributed by atoms with van der Waals surface area (Å²) in [4.78, 5) is 23.2. The molecule has 0 aromatic heterocycles. The Kier molecular flexibility index (Phi) is 38.6. The molecule has 0 saturated heterocycles. The maximum atomic E-state index is 12.9. The van der Waals surface area contributed by atoms with E-state index >= 15 is 0 Å². The lowest BCUT2D eigenvalue weighted by atomic mass is 10.0. The van der Waals surface area contributed by atoms with Crippen molar-refractivity contribution in [3.63, 3.8) is 0 Å². The molecule has 55 heavy (non-hydrogen) atoms. The first kappa shape index (κ1) is 54.5. The first-order valence-corrected chi connectivity index (χ1v) is 25.4. The summed E-state index contributed by atoms with van der Waals surface area (Å²) in [6.07, 6.45) is 42.7. The molecule has 0 fully saturated rings. The van der Waals surface area contributed by atoms with Crippen LogP contribution in [0.5, 0.6) is 0 Å². The number of quaternary nitrogens is 1. The average molecular weight is 804 g/mol. The van der Waals surface area contributed by atoms with E-state index in [0.717, 1.165) is 38.5 Å². The lowest BCUT2D eigenvalue weighted by Gasteiger charge is -2.26. The number of nitrogens with zero attached hydrogens (tertiary/aromatic N) is 1. The second kappa shape index (κ2) is 39.0. The topological polar surface area (TPSA) is 105 Å². The van der Waals surface area contributed by atoms with E-state index in [4.69, 9.17) is 9.05 Å². The zero-order chi connectivity index (χ0) is 40.7. The molecule has 0 aromatic carbocycles. The third kappa shape index (κ3) is 41.5. The zero-order valence-corrected chi connectivity index (χ0v) is 38.3. The van der Waals surface area contributed by atoms with Crippen LogP contribution in [-0.2, 0) is 18.4 Å². The van der Waals surface area contributed by atoms with Crippen molar-refractivity contribution in [2.45, 2.75) is 251 Å². The predicted octanol–water partition coefficient (Wildman–Crippen LogP) is 13.4. The van der Waals surface area contributed by atoms with E-state index in [9.17, 15) is 19.4 Å². The number of aliphatic hydroxyl groups excluding tert-OH is 1. The van der Waals surface area contributed by atoms with E-state index in [2.05, 4.69) is 19.2 Å². The summed E-state index contributed by atoms with van der Waals surface area (Å²) in [5, 5.41) is 14.0. The summed E-state index contributed by atoms with van der Waals surface area (Å²) in [5.41, 5.74) is 0. The van der Waals surface area contributed by atoms with Crippen molar-refractivity contribution in [1.82, 2.24) is 5.32 Å². The summed E-state index contributed by atoms with van der Waals surface area (Å²) >= 11 is 0. The van der Waals surface area contributed by atoms with Gasteiger partial charge in [-0.2, -0.15) is 0 Å². The van der Waals surface area contributed by atoms with Gasteiger partial charge in [-0.25, -0.2) is 4.57 Å². The van der Waals surface area contributed by atoms with Gasteiger partial charge in [0.05, 0.1) is 39.9 Å². The van der Waals surface area contributed by atoms with Gasteiger partial charge in [-0.05, 0) is 12.8 Å². The van der Waals surface area contributed by atoms with E-state index in [-0.39, 0.29) is 19.1 Å². The minimum absolute atomic E-state index is 0.0787. The van der Waals surface area contributed by atoms with Crippen LogP contribution in [0.4, 0.5) is 0 Å². The molecule has 3 atom stereocenters. The SMILES string of the molecule is CCCCCCCCCCCCCCCCCCCCCC(=O)NC(COP(=O)(O)OCC[N+](C)(C)C)C(O)CCCCCCCCCCCCCCCC. The van der Waals surface area contributed by atoms with E-state index < -0.39 is 20.0 Å². The Morgan fingerprint density at radius 1 is 0.545 bits per heavy atom. The van der Waals surface area contributed by atoms with Crippen molar-refractivity contribution < 1.29 is 32.9 Å². The molecule has 3 unspecified atom stereocenters. The van der Waals surface area contributed by atoms with Gasteiger partial charge in [-0.15, -0.1) is 0 Å². The second-order valence-corrected chi connectivity index (χ2v) is 19.3. The number of amides is 1. The van der Waals surface area contributed by atoms with Crippen LogP contribution in [0, 0.1) is 0 Å². The van der Waals surface area contributed by atoms with Crippen LogP contribution in [-0.4, -0.2) is 73.4 Å². The maximum Gasteiger partial charge on any atom is 0.472 e. The fourth-order valence-electron chi connectivity index (χ4n) is 7.28. The highest BCUT2D eigenvalue weighted by atomic mass is 31.2. The molecule has 330 valence electrons. The summed E-state index contributed by atoms with van der Waals surface area (Å²) in [6.45, 7) is 4.92. The quantitative estimate of drug-likeness (QED) is 0.0322.